The third kappa shape index (κ3) is 3.10. The Morgan fingerprint density at radius 2 is 2.33 bits per heavy atom. The highest BCUT2D eigenvalue weighted by Gasteiger charge is 2.21. The van der Waals surface area contributed by atoms with Crippen LogP contribution in [0.3, 0.4) is 0 Å². The molecule has 0 spiro atoms. The molecule has 96 valence electrons. The van der Waals surface area contributed by atoms with Gasteiger partial charge in [-0.05, 0) is 62.7 Å². The molecule has 0 amide bonds. The zero-order chi connectivity index (χ0) is 13.0. The number of hydrogen-bond donors (Lipinski definition) is 1. The summed E-state index contributed by atoms with van der Waals surface area (Å²) >= 11 is 0. The lowest BCUT2D eigenvalue weighted by atomic mass is 10.1. The number of rotatable bonds is 4. The number of nitrogens with one attached hydrogen (secondary N) is 1. The zero-order valence-electron chi connectivity index (χ0n) is 11.2. The summed E-state index contributed by atoms with van der Waals surface area (Å²) in [6.07, 6.45) is 1.29. The molecule has 1 aliphatic heterocycles. The molecule has 1 aromatic rings. The molecule has 0 bridgehead atoms. The summed E-state index contributed by atoms with van der Waals surface area (Å²) < 4.78 is 0. The summed E-state index contributed by atoms with van der Waals surface area (Å²) in [5.41, 5.74) is 3.33. The van der Waals surface area contributed by atoms with Crippen LogP contribution in [0, 0.1) is 24.2 Å². The Bertz CT molecular complexity index is 448. The van der Waals surface area contributed by atoms with Gasteiger partial charge in [0.25, 0.3) is 0 Å². The average Bonchev–Trinajstić information content (AvgIpc) is 2.80. The van der Waals surface area contributed by atoms with Crippen LogP contribution in [0.5, 0.6) is 0 Å². The summed E-state index contributed by atoms with van der Waals surface area (Å²) in [4.78, 5) is 2.51. The predicted molar refractivity (Wildman–Crippen MR) is 73.2 cm³/mol. The Balaban J connectivity index is 1.96. The van der Waals surface area contributed by atoms with Crippen LogP contribution in [0.15, 0.2) is 18.2 Å². The molecule has 0 saturated carbocycles. The minimum absolute atomic E-state index is 0.755. The summed E-state index contributed by atoms with van der Waals surface area (Å²) in [6, 6.07) is 8.19. The molecule has 1 unspecified atom stereocenters. The number of nitriles is 1. The van der Waals surface area contributed by atoms with Gasteiger partial charge < -0.3 is 5.32 Å². The number of aryl methyl sites for hydroxylation is 1. The Labute approximate surface area is 109 Å². The van der Waals surface area contributed by atoms with Crippen molar-refractivity contribution < 1.29 is 0 Å². The Morgan fingerprint density at radius 1 is 1.50 bits per heavy atom. The third-order valence-electron chi connectivity index (χ3n) is 3.73. The van der Waals surface area contributed by atoms with Crippen molar-refractivity contribution in [2.75, 3.05) is 26.7 Å². The van der Waals surface area contributed by atoms with Crippen LogP contribution in [-0.2, 0) is 6.54 Å². The molecule has 1 atom stereocenters. The van der Waals surface area contributed by atoms with Gasteiger partial charge in [0, 0.05) is 13.1 Å². The van der Waals surface area contributed by atoms with Crippen molar-refractivity contribution in [1.82, 2.24) is 10.2 Å². The van der Waals surface area contributed by atoms with E-state index in [-0.39, 0.29) is 0 Å². The van der Waals surface area contributed by atoms with E-state index in [1.165, 1.54) is 30.6 Å². The summed E-state index contributed by atoms with van der Waals surface area (Å²) in [6.45, 7) is 6.59. The van der Waals surface area contributed by atoms with Crippen LogP contribution >= 0.6 is 0 Å². The van der Waals surface area contributed by atoms with Gasteiger partial charge in [-0.3, -0.25) is 4.90 Å². The first-order valence-electron chi connectivity index (χ1n) is 6.59. The largest absolute Gasteiger partial charge is 0.319 e. The number of likely N-dealkylation sites (tertiary alicyclic amines) is 1. The maximum Gasteiger partial charge on any atom is 0.0991 e. The third-order valence-corrected chi connectivity index (χ3v) is 3.73. The van der Waals surface area contributed by atoms with Gasteiger partial charge >= 0.3 is 0 Å². The molecule has 2 rings (SSSR count). The monoisotopic (exact) mass is 243 g/mol. The van der Waals surface area contributed by atoms with Crippen LogP contribution in [0.25, 0.3) is 0 Å². The van der Waals surface area contributed by atoms with Gasteiger partial charge in [-0.1, -0.05) is 6.07 Å². The van der Waals surface area contributed by atoms with Gasteiger partial charge in [-0.2, -0.15) is 5.26 Å². The Morgan fingerprint density at radius 3 is 3.00 bits per heavy atom. The van der Waals surface area contributed by atoms with Crippen molar-refractivity contribution >= 4 is 0 Å². The Kier molecular flexibility index (Phi) is 4.35. The molecule has 18 heavy (non-hydrogen) atoms. The van der Waals surface area contributed by atoms with Crippen LogP contribution in [0.2, 0.25) is 0 Å². The van der Waals surface area contributed by atoms with Gasteiger partial charge in [0.05, 0.1) is 11.6 Å². The molecule has 3 nitrogen and oxygen atoms in total. The minimum atomic E-state index is 0.755. The van der Waals surface area contributed by atoms with Crippen LogP contribution in [-0.4, -0.2) is 31.6 Å². The van der Waals surface area contributed by atoms with Gasteiger partial charge in [-0.15, -0.1) is 0 Å². The minimum Gasteiger partial charge on any atom is -0.319 e. The maximum absolute atomic E-state index is 8.86. The van der Waals surface area contributed by atoms with Gasteiger partial charge in [0.2, 0.25) is 0 Å². The molecule has 1 N–H and O–H groups in total. The van der Waals surface area contributed by atoms with Gasteiger partial charge in [0.15, 0.2) is 0 Å². The van der Waals surface area contributed by atoms with Crippen molar-refractivity contribution in [3.63, 3.8) is 0 Å². The second kappa shape index (κ2) is 5.99. The standard InChI is InChI=1S/C15H21N3/c1-12-7-13(8-16)3-4-15(12)11-18-6-5-14(10-18)9-17-2/h3-4,7,14,17H,5-6,9-11H2,1-2H3. The first-order chi connectivity index (χ1) is 8.72. The van der Waals surface area contributed by atoms with E-state index in [4.69, 9.17) is 5.26 Å². The summed E-state index contributed by atoms with van der Waals surface area (Å²) in [5, 5.41) is 12.1. The number of nitrogens with zero attached hydrogens (tertiary/aromatic N) is 2. The molecule has 0 aliphatic carbocycles. The highest BCUT2D eigenvalue weighted by molar-refractivity contribution is 5.37. The van der Waals surface area contributed by atoms with E-state index in [0.717, 1.165) is 24.6 Å². The van der Waals surface area contributed by atoms with Gasteiger partial charge in [0.1, 0.15) is 0 Å². The van der Waals surface area contributed by atoms with Crippen LogP contribution < -0.4 is 5.32 Å². The van der Waals surface area contributed by atoms with Crippen molar-refractivity contribution in [2.24, 2.45) is 5.92 Å². The second-order valence-corrected chi connectivity index (χ2v) is 5.20. The topological polar surface area (TPSA) is 39.1 Å². The highest BCUT2D eigenvalue weighted by Crippen LogP contribution is 2.20. The fourth-order valence-electron chi connectivity index (χ4n) is 2.70. The summed E-state index contributed by atoms with van der Waals surface area (Å²) in [5.74, 6) is 0.786. The van der Waals surface area contributed by atoms with E-state index in [2.05, 4.69) is 29.3 Å². The van der Waals surface area contributed by atoms with Crippen molar-refractivity contribution in [3.8, 4) is 6.07 Å². The fraction of sp³-hybridized carbons (Fsp3) is 0.533. The lowest BCUT2D eigenvalue weighted by Crippen LogP contribution is -2.24. The molecule has 0 radical (unpaired) electrons. The van der Waals surface area contributed by atoms with Crippen molar-refractivity contribution in [1.29, 1.82) is 5.26 Å². The van der Waals surface area contributed by atoms with E-state index in [1.54, 1.807) is 0 Å². The average molecular weight is 243 g/mol. The quantitative estimate of drug-likeness (QED) is 0.878. The molecule has 1 fully saturated rings. The van der Waals surface area contributed by atoms with E-state index in [9.17, 15) is 0 Å². The molecule has 0 aromatic heterocycles. The first-order valence-corrected chi connectivity index (χ1v) is 6.59. The van der Waals surface area contributed by atoms with Crippen molar-refractivity contribution in [3.05, 3.63) is 34.9 Å². The van der Waals surface area contributed by atoms with E-state index >= 15 is 0 Å². The zero-order valence-corrected chi connectivity index (χ0v) is 11.2. The van der Waals surface area contributed by atoms with E-state index < -0.39 is 0 Å². The molecule has 3 heteroatoms. The second-order valence-electron chi connectivity index (χ2n) is 5.20. The number of benzene rings is 1. The van der Waals surface area contributed by atoms with Crippen LogP contribution in [0.4, 0.5) is 0 Å². The molecule has 1 saturated heterocycles. The van der Waals surface area contributed by atoms with Crippen molar-refractivity contribution in [2.45, 2.75) is 19.9 Å². The first kappa shape index (κ1) is 13.1. The van der Waals surface area contributed by atoms with E-state index in [0.29, 0.717) is 0 Å². The number of hydrogen-bond acceptors (Lipinski definition) is 3. The molecule has 1 heterocycles. The highest BCUT2D eigenvalue weighted by atomic mass is 15.1. The van der Waals surface area contributed by atoms with Gasteiger partial charge in [-0.25, -0.2) is 0 Å². The normalized spacial score (nSPS) is 19.9. The molecular formula is C15H21N3. The molecule has 1 aliphatic rings. The summed E-state index contributed by atoms with van der Waals surface area (Å²) in [7, 11) is 2.02. The lowest BCUT2D eigenvalue weighted by Gasteiger charge is -2.17. The Hall–Kier alpha value is -1.37. The fourth-order valence-corrected chi connectivity index (χ4v) is 2.70. The SMILES string of the molecule is CNCC1CCN(Cc2ccc(C#N)cc2C)C1. The van der Waals surface area contributed by atoms with Crippen LogP contribution in [0.1, 0.15) is 23.1 Å². The molecule has 1 aromatic carbocycles. The maximum atomic E-state index is 8.86. The molecular weight excluding hydrogens is 222 g/mol. The van der Waals surface area contributed by atoms with E-state index in [1.807, 2.05) is 19.2 Å². The smallest absolute Gasteiger partial charge is 0.0991 e. The predicted octanol–water partition coefficient (Wildman–Crippen LogP) is 1.91. The lowest BCUT2D eigenvalue weighted by molar-refractivity contribution is 0.315.